The van der Waals surface area contributed by atoms with Gasteiger partial charge in [-0.2, -0.15) is 5.26 Å². The summed E-state index contributed by atoms with van der Waals surface area (Å²) in [6.45, 7) is 2.18. The number of anilines is 1. The number of hydrogen-bond acceptors (Lipinski definition) is 5. The van der Waals surface area contributed by atoms with Crippen molar-refractivity contribution in [3.63, 3.8) is 0 Å². The molecule has 1 saturated heterocycles. The first-order valence-electron chi connectivity index (χ1n) is 10.8. The Morgan fingerprint density at radius 1 is 1.12 bits per heavy atom. The third-order valence-corrected chi connectivity index (χ3v) is 7.82. The highest BCUT2D eigenvalue weighted by molar-refractivity contribution is 7.23. The number of aryl methyl sites for hydroxylation is 1. The van der Waals surface area contributed by atoms with Crippen molar-refractivity contribution in [2.24, 2.45) is 0 Å². The molecule has 2 aliphatic rings. The Kier molecular flexibility index (Phi) is 4.62. The minimum absolute atomic E-state index is 0.0202. The minimum Gasteiger partial charge on any atom is -0.389 e. The first kappa shape index (κ1) is 21.0. The molecule has 2 aromatic carbocycles. The second-order valence-corrected chi connectivity index (χ2v) is 9.62. The summed E-state index contributed by atoms with van der Waals surface area (Å²) in [4.78, 5) is 15.2. The SMILES string of the molecule is N#Cc1c(N)sc2c(F)ccc(-c3c(F)cc4c5c3c(F)cn5CCC3CNCCN3C4=O)c12. The summed E-state index contributed by atoms with van der Waals surface area (Å²) in [5.74, 6) is -2.45. The summed E-state index contributed by atoms with van der Waals surface area (Å²) >= 11 is 0.889. The lowest BCUT2D eigenvalue weighted by Gasteiger charge is -2.38. The fraction of sp³-hybridized carbons (Fsp3) is 0.250. The number of halogens is 3. The molecular formula is C24H18F3N5OS. The first-order valence-corrected chi connectivity index (χ1v) is 11.7. The van der Waals surface area contributed by atoms with E-state index in [2.05, 4.69) is 5.32 Å². The third-order valence-electron chi connectivity index (χ3n) is 6.79. The second-order valence-electron chi connectivity index (χ2n) is 8.57. The zero-order chi connectivity index (χ0) is 23.7. The van der Waals surface area contributed by atoms with Crippen molar-refractivity contribution >= 4 is 43.2 Å². The number of rotatable bonds is 1. The molecule has 6 nitrogen and oxygen atoms in total. The quantitative estimate of drug-likeness (QED) is 0.426. The van der Waals surface area contributed by atoms with Crippen LogP contribution in [0.15, 0.2) is 24.4 Å². The van der Waals surface area contributed by atoms with E-state index < -0.39 is 17.5 Å². The molecule has 34 heavy (non-hydrogen) atoms. The van der Waals surface area contributed by atoms with Crippen molar-refractivity contribution in [2.45, 2.75) is 19.0 Å². The minimum atomic E-state index is -0.818. The van der Waals surface area contributed by atoms with Gasteiger partial charge in [-0.15, -0.1) is 11.3 Å². The fourth-order valence-electron chi connectivity index (χ4n) is 5.28. The second kappa shape index (κ2) is 7.48. The van der Waals surface area contributed by atoms with Crippen molar-refractivity contribution in [3.8, 4) is 17.2 Å². The van der Waals surface area contributed by atoms with E-state index in [0.29, 0.717) is 38.1 Å². The molecule has 1 amide bonds. The molecule has 2 aliphatic heterocycles. The number of piperazine rings is 1. The highest BCUT2D eigenvalue weighted by Crippen LogP contribution is 2.45. The molecule has 1 unspecified atom stereocenters. The number of carbonyl (C=O) groups excluding carboxylic acids is 1. The van der Waals surface area contributed by atoms with Crippen LogP contribution in [0.5, 0.6) is 0 Å². The maximum absolute atomic E-state index is 15.8. The molecule has 10 heteroatoms. The van der Waals surface area contributed by atoms with Gasteiger partial charge in [0, 0.05) is 54.8 Å². The number of fused-ring (bicyclic) bond motifs is 2. The average molecular weight is 482 g/mol. The third kappa shape index (κ3) is 2.80. The molecule has 3 N–H and O–H groups in total. The van der Waals surface area contributed by atoms with Crippen LogP contribution < -0.4 is 11.1 Å². The van der Waals surface area contributed by atoms with Gasteiger partial charge in [-0.05, 0) is 24.1 Å². The molecule has 0 bridgehead atoms. The summed E-state index contributed by atoms with van der Waals surface area (Å²) in [7, 11) is 0. The maximum atomic E-state index is 15.8. The van der Waals surface area contributed by atoms with Gasteiger partial charge in [-0.3, -0.25) is 4.79 Å². The van der Waals surface area contributed by atoms with Gasteiger partial charge in [0.2, 0.25) is 0 Å². The van der Waals surface area contributed by atoms with E-state index in [4.69, 9.17) is 5.73 Å². The average Bonchev–Trinajstić information content (AvgIpc) is 3.34. The van der Waals surface area contributed by atoms with Crippen LogP contribution in [0.4, 0.5) is 18.2 Å². The summed E-state index contributed by atoms with van der Waals surface area (Å²) in [6.07, 6.45) is 1.90. The number of thiophene rings is 1. The van der Waals surface area contributed by atoms with Crippen molar-refractivity contribution < 1.29 is 18.0 Å². The summed E-state index contributed by atoms with van der Waals surface area (Å²) in [6, 6.07) is 5.52. The lowest BCUT2D eigenvalue weighted by molar-refractivity contribution is 0.0615. The van der Waals surface area contributed by atoms with Gasteiger partial charge in [-0.25, -0.2) is 13.2 Å². The van der Waals surface area contributed by atoms with Crippen molar-refractivity contribution in [3.05, 3.63) is 53.0 Å². The standard InChI is InChI=1S/C24H18F3N5OS/c25-15-2-1-12(18-14(8-28)23(29)34-22(15)18)19-16(26)7-13-21-20(19)17(27)10-31(21)5-3-11-9-30-4-6-32(11)24(13)33/h1-2,7,10-11,30H,3-6,9,29H2. The number of amides is 1. The molecule has 172 valence electrons. The van der Waals surface area contributed by atoms with Gasteiger partial charge in [0.1, 0.15) is 28.5 Å². The maximum Gasteiger partial charge on any atom is 0.256 e. The lowest BCUT2D eigenvalue weighted by atomic mass is 9.93. The molecule has 2 aromatic heterocycles. The normalized spacial score (nSPS) is 18.1. The number of hydrogen-bond donors (Lipinski definition) is 2. The Labute approximate surface area is 196 Å². The van der Waals surface area contributed by atoms with Crippen molar-refractivity contribution in [2.75, 3.05) is 25.4 Å². The smallest absolute Gasteiger partial charge is 0.256 e. The van der Waals surface area contributed by atoms with Crippen molar-refractivity contribution in [1.82, 2.24) is 14.8 Å². The molecule has 6 rings (SSSR count). The first-order chi connectivity index (χ1) is 16.4. The topological polar surface area (TPSA) is 87.1 Å². The van der Waals surface area contributed by atoms with Crippen LogP contribution in [0.1, 0.15) is 22.3 Å². The predicted octanol–water partition coefficient (Wildman–Crippen LogP) is 4.21. The largest absolute Gasteiger partial charge is 0.389 e. The van der Waals surface area contributed by atoms with Crippen LogP contribution in [0.2, 0.25) is 0 Å². The summed E-state index contributed by atoms with van der Waals surface area (Å²) < 4.78 is 47.6. The lowest BCUT2D eigenvalue weighted by Crippen LogP contribution is -2.54. The molecule has 0 radical (unpaired) electrons. The van der Waals surface area contributed by atoms with Crippen LogP contribution in [-0.2, 0) is 6.54 Å². The number of nitriles is 1. The Balaban J connectivity index is 1.69. The van der Waals surface area contributed by atoms with Crippen molar-refractivity contribution in [1.29, 1.82) is 5.26 Å². The Morgan fingerprint density at radius 2 is 1.94 bits per heavy atom. The molecule has 1 atom stereocenters. The van der Waals surface area contributed by atoms with Crippen LogP contribution in [0, 0.1) is 28.8 Å². The summed E-state index contributed by atoms with van der Waals surface area (Å²) in [5, 5.41) is 13.1. The number of nitrogens with zero attached hydrogens (tertiary/aromatic N) is 3. The molecule has 1 fully saturated rings. The number of aromatic nitrogens is 1. The predicted molar refractivity (Wildman–Crippen MR) is 124 cm³/mol. The number of carbonyl (C=O) groups is 1. The molecule has 4 aromatic rings. The Morgan fingerprint density at radius 3 is 2.74 bits per heavy atom. The number of nitrogen functional groups attached to an aromatic ring is 1. The van der Waals surface area contributed by atoms with E-state index in [-0.39, 0.29) is 54.7 Å². The number of nitrogens with two attached hydrogens (primary N) is 1. The molecule has 0 saturated carbocycles. The van der Waals surface area contributed by atoms with E-state index in [1.54, 1.807) is 9.47 Å². The highest BCUT2D eigenvalue weighted by atomic mass is 32.1. The van der Waals surface area contributed by atoms with E-state index in [9.17, 15) is 14.4 Å². The van der Waals surface area contributed by atoms with Crippen LogP contribution >= 0.6 is 11.3 Å². The van der Waals surface area contributed by atoms with Gasteiger partial charge in [0.15, 0.2) is 0 Å². The zero-order valence-electron chi connectivity index (χ0n) is 17.8. The van der Waals surface area contributed by atoms with Crippen LogP contribution in [-0.4, -0.2) is 41.1 Å². The molecular weight excluding hydrogens is 463 g/mol. The van der Waals surface area contributed by atoms with E-state index in [1.165, 1.54) is 12.3 Å². The van der Waals surface area contributed by atoms with E-state index in [0.717, 1.165) is 23.5 Å². The number of nitrogens with one attached hydrogen (secondary N) is 1. The fourth-order valence-corrected chi connectivity index (χ4v) is 6.23. The highest BCUT2D eigenvalue weighted by Gasteiger charge is 2.34. The molecule has 4 heterocycles. The molecule has 0 aliphatic carbocycles. The Hall–Kier alpha value is -3.55. The summed E-state index contributed by atoms with van der Waals surface area (Å²) in [5.41, 5.74) is 6.41. The zero-order valence-corrected chi connectivity index (χ0v) is 18.6. The van der Waals surface area contributed by atoms with E-state index >= 15 is 8.78 Å². The van der Waals surface area contributed by atoms with E-state index in [1.807, 2.05) is 6.07 Å². The number of benzene rings is 2. The van der Waals surface area contributed by atoms with Gasteiger partial charge < -0.3 is 20.5 Å². The monoisotopic (exact) mass is 481 g/mol. The Bertz CT molecular complexity index is 1570. The van der Waals surface area contributed by atoms with Gasteiger partial charge in [0.05, 0.1) is 21.3 Å². The van der Waals surface area contributed by atoms with Gasteiger partial charge in [0.25, 0.3) is 5.91 Å². The van der Waals surface area contributed by atoms with Gasteiger partial charge >= 0.3 is 0 Å². The molecule has 0 spiro atoms. The van der Waals surface area contributed by atoms with Crippen LogP contribution in [0.3, 0.4) is 0 Å². The van der Waals surface area contributed by atoms with Gasteiger partial charge in [-0.1, -0.05) is 6.07 Å². The van der Waals surface area contributed by atoms with Crippen LogP contribution in [0.25, 0.3) is 32.1 Å².